The molecule has 0 unspecified atom stereocenters. The van der Waals surface area contributed by atoms with Crippen LogP contribution >= 0.6 is 23.2 Å². The van der Waals surface area contributed by atoms with Gasteiger partial charge in [-0.1, -0.05) is 49.2 Å². The summed E-state index contributed by atoms with van der Waals surface area (Å²) in [5.74, 6) is 0.974. The molecular weight excluding hydrogens is 293 g/mol. The maximum absolute atomic E-state index is 6.26. The molecule has 20 heavy (non-hydrogen) atoms. The van der Waals surface area contributed by atoms with Crippen molar-refractivity contribution in [1.29, 1.82) is 0 Å². The molecule has 0 atom stereocenters. The molecule has 1 aromatic carbocycles. The highest BCUT2D eigenvalue weighted by atomic mass is 35.5. The highest BCUT2D eigenvalue weighted by Crippen LogP contribution is 2.26. The summed E-state index contributed by atoms with van der Waals surface area (Å²) in [6.45, 7) is 7.72. The van der Waals surface area contributed by atoms with Crippen molar-refractivity contribution in [2.75, 3.05) is 0 Å². The molecule has 0 aliphatic heterocycles. The molecule has 0 amide bonds. The fourth-order valence-electron chi connectivity index (χ4n) is 2.02. The van der Waals surface area contributed by atoms with Gasteiger partial charge in [0.1, 0.15) is 5.82 Å². The van der Waals surface area contributed by atoms with Crippen LogP contribution in [-0.2, 0) is 13.1 Å². The Bertz CT molecular complexity index is 591. The standard InChI is InChI=1S/C15H19Cl2N3/c1-10(2)18-7-13-8-19-11(3)20(13)9-12-5-4-6-14(16)15(12)17/h4-6,8,10,18H,7,9H2,1-3H3. The van der Waals surface area contributed by atoms with Crippen LogP contribution in [0.5, 0.6) is 0 Å². The molecule has 0 spiro atoms. The van der Waals surface area contributed by atoms with Gasteiger partial charge in [0.05, 0.1) is 22.3 Å². The monoisotopic (exact) mass is 311 g/mol. The molecule has 0 aliphatic carbocycles. The van der Waals surface area contributed by atoms with E-state index in [0.29, 0.717) is 22.6 Å². The molecule has 1 heterocycles. The lowest BCUT2D eigenvalue weighted by Gasteiger charge is -2.14. The van der Waals surface area contributed by atoms with Crippen molar-refractivity contribution in [2.24, 2.45) is 0 Å². The average molecular weight is 312 g/mol. The minimum atomic E-state index is 0.438. The maximum Gasteiger partial charge on any atom is 0.106 e. The largest absolute Gasteiger partial charge is 0.327 e. The number of hydrogen-bond acceptors (Lipinski definition) is 2. The van der Waals surface area contributed by atoms with Crippen LogP contribution in [0.3, 0.4) is 0 Å². The smallest absolute Gasteiger partial charge is 0.106 e. The van der Waals surface area contributed by atoms with Crippen LogP contribution in [0.2, 0.25) is 10.0 Å². The number of nitrogens with zero attached hydrogens (tertiary/aromatic N) is 2. The molecule has 5 heteroatoms. The minimum absolute atomic E-state index is 0.438. The van der Waals surface area contributed by atoms with Gasteiger partial charge in [-0.05, 0) is 18.6 Å². The SMILES string of the molecule is Cc1ncc(CNC(C)C)n1Cc1cccc(Cl)c1Cl. The van der Waals surface area contributed by atoms with Crippen molar-refractivity contribution in [1.82, 2.24) is 14.9 Å². The van der Waals surface area contributed by atoms with E-state index in [2.05, 4.69) is 28.7 Å². The number of nitrogens with one attached hydrogen (secondary N) is 1. The van der Waals surface area contributed by atoms with Crippen molar-refractivity contribution in [3.63, 3.8) is 0 Å². The van der Waals surface area contributed by atoms with E-state index in [1.165, 1.54) is 0 Å². The first-order valence-electron chi connectivity index (χ1n) is 6.66. The lowest BCUT2D eigenvalue weighted by atomic mass is 10.2. The van der Waals surface area contributed by atoms with Crippen molar-refractivity contribution in [2.45, 2.75) is 39.9 Å². The van der Waals surface area contributed by atoms with E-state index in [1.807, 2.05) is 25.3 Å². The fourth-order valence-corrected chi connectivity index (χ4v) is 2.40. The highest BCUT2D eigenvalue weighted by Gasteiger charge is 2.11. The first kappa shape index (κ1) is 15.4. The van der Waals surface area contributed by atoms with Crippen LogP contribution in [0.25, 0.3) is 0 Å². The Kier molecular flexibility index (Phi) is 5.08. The number of benzene rings is 1. The maximum atomic E-state index is 6.26. The van der Waals surface area contributed by atoms with Crippen LogP contribution in [0.4, 0.5) is 0 Å². The summed E-state index contributed by atoms with van der Waals surface area (Å²) in [5.41, 5.74) is 2.15. The third-order valence-electron chi connectivity index (χ3n) is 3.19. The first-order chi connectivity index (χ1) is 9.49. The molecule has 1 N–H and O–H groups in total. The Morgan fingerprint density at radius 3 is 2.75 bits per heavy atom. The minimum Gasteiger partial charge on any atom is -0.327 e. The Balaban J connectivity index is 2.24. The predicted molar refractivity (Wildman–Crippen MR) is 84.5 cm³/mol. The molecule has 0 aliphatic rings. The van der Waals surface area contributed by atoms with Crippen LogP contribution in [0, 0.1) is 6.92 Å². The van der Waals surface area contributed by atoms with Crippen LogP contribution in [0.1, 0.15) is 30.9 Å². The molecule has 0 fully saturated rings. The fraction of sp³-hybridized carbons (Fsp3) is 0.400. The Hall–Kier alpha value is -1.03. The van der Waals surface area contributed by atoms with Crippen molar-refractivity contribution in [3.8, 4) is 0 Å². The second kappa shape index (κ2) is 6.61. The average Bonchev–Trinajstić information content (AvgIpc) is 2.74. The molecule has 0 saturated heterocycles. The van der Waals surface area contributed by atoms with Crippen LogP contribution in [0.15, 0.2) is 24.4 Å². The summed E-state index contributed by atoms with van der Waals surface area (Å²) < 4.78 is 2.16. The normalized spacial score (nSPS) is 11.3. The number of aromatic nitrogens is 2. The number of imidazole rings is 1. The van der Waals surface area contributed by atoms with Crippen molar-refractivity contribution < 1.29 is 0 Å². The predicted octanol–water partition coefficient (Wildman–Crippen LogP) is 4.04. The van der Waals surface area contributed by atoms with Crippen molar-refractivity contribution in [3.05, 3.63) is 51.5 Å². The Morgan fingerprint density at radius 1 is 1.30 bits per heavy atom. The van der Waals surface area contributed by atoms with Gasteiger partial charge in [-0.15, -0.1) is 0 Å². The third-order valence-corrected chi connectivity index (χ3v) is 4.05. The zero-order valence-electron chi connectivity index (χ0n) is 12.0. The zero-order valence-corrected chi connectivity index (χ0v) is 13.5. The second-order valence-corrected chi connectivity index (χ2v) is 5.92. The topological polar surface area (TPSA) is 29.9 Å². The Morgan fingerprint density at radius 2 is 2.05 bits per heavy atom. The third kappa shape index (κ3) is 3.54. The van der Waals surface area contributed by atoms with Gasteiger partial charge in [-0.3, -0.25) is 0 Å². The molecule has 2 aromatic rings. The summed E-state index contributed by atoms with van der Waals surface area (Å²) in [6.07, 6.45) is 1.91. The van der Waals surface area contributed by atoms with Crippen LogP contribution < -0.4 is 5.32 Å². The number of halogens is 2. The Labute approximate surface area is 129 Å². The van der Waals surface area contributed by atoms with E-state index in [9.17, 15) is 0 Å². The summed E-state index contributed by atoms with van der Waals surface area (Å²) in [7, 11) is 0. The van der Waals surface area contributed by atoms with E-state index < -0.39 is 0 Å². The summed E-state index contributed by atoms with van der Waals surface area (Å²) >= 11 is 12.3. The van der Waals surface area contributed by atoms with E-state index in [1.54, 1.807) is 6.07 Å². The van der Waals surface area contributed by atoms with E-state index in [-0.39, 0.29) is 0 Å². The molecule has 0 radical (unpaired) electrons. The second-order valence-electron chi connectivity index (χ2n) is 5.13. The van der Waals surface area contributed by atoms with Gasteiger partial charge < -0.3 is 9.88 Å². The van der Waals surface area contributed by atoms with Gasteiger partial charge in [0.25, 0.3) is 0 Å². The van der Waals surface area contributed by atoms with Gasteiger partial charge in [0.15, 0.2) is 0 Å². The van der Waals surface area contributed by atoms with Crippen molar-refractivity contribution >= 4 is 23.2 Å². The summed E-state index contributed by atoms with van der Waals surface area (Å²) in [4.78, 5) is 4.39. The number of rotatable bonds is 5. The zero-order chi connectivity index (χ0) is 14.7. The number of aryl methyl sites for hydroxylation is 1. The molecule has 0 bridgehead atoms. The molecular formula is C15H19Cl2N3. The van der Waals surface area contributed by atoms with Gasteiger partial charge in [0, 0.05) is 18.8 Å². The summed E-state index contributed by atoms with van der Waals surface area (Å²) in [6, 6.07) is 6.15. The molecule has 3 nitrogen and oxygen atoms in total. The molecule has 0 saturated carbocycles. The first-order valence-corrected chi connectivity index (χ1v) is 7.42. The molecule has 2 rings (SSSR count). The van der Waals surface area contributed by atoms with Gasteiger partial charge >= 0.3 is 0 Å². The molecule has 108 valence electrons. The van der Waals surface area contributed by atoms with Gasteiger partial charge in [-0.25, -0.2) is 4.98 Å². The quantitative estimate of drug-likeness (QED) is 0.903. The summed E-state index contributed by atoms with van der Waals surface area (Å²) in [5, 5.41) is 4.61. The number of hydrogen-bond donors (Lipinski definition) is 1. The van der Waals surface area contributed by atoms with E-state index in [0.717, 1.165) is 23.6 Å². The van der Waals surface area contributed by atoms with Gasteiger partial charge in [0.2, 0.25) is 0 Å². The van der Waals surface area contributed by atoms with E-state index >= 15 is 0 Å². The van der Waals surface area contributed by atoms with Gasteiger partial charge in [-0.2, -0.15) is 0 Å². The highest BCUT2D eigenvalue weighted by molar-refractivity contribution is 6.42. The lowest BCUT2D eigenvalue weighted by Crippen LogP contribution is -2.23. The lowest BCUT2D eigenvalue weighted by molar-refractivity contribution is 0.562. The van der Waals surface area contributed by atoms with Crippen LogP contribution in [-0.4, -0.2) is 15.6 Å². The molecule has 1 aromatic heterocycles. The van der Waals surface area contributed by atoms with E-state index in [4.69, 9.17) is 23.2 Å².